The molecule has 0 aliphatic carbocycles. The first-order chi connectivity index (χ1) is 10.6. The van der Waals surface area contributed by atoms with E-state index in [9.17, 15) is 4.79 Å². The van der Waals surface area contributed by atoms with Gasteiger partial charge in [0.25, 0.3) is 5.91 Å². The van der Waals surface area contributed by atoms with Crippen molar-refractivity contribution in [1.82, 2.24) is 4.98 Å². The molecule has 1 aliphatic heterocycles. The fraction of sp³-hybridized carbons (Fsp3) is 0.294. The number of rotatable bonds is 3. The first-order valence-electron chi connectivity index (χ1n) is 7.42. The van der Waals surface area contributed by atoms with Gasteiger partial charge in [0, 0.05) is 29.4 Å². The fourth-order valence-corrected chi connectivity index (χ4v) is 3.19. The average Bonchev–Trinajstić information content (AvgIpc) is 3.04. The molecule has 1 amide bonds. The summed E-state index contributed by atoms with van der Waals surface area (Å²) >= 11 is 3.43. The van der Waals surface area contributed by atoms with Crippen molar-refractivity contribution in [2.75, 3.05) is 23.3 Å². The number of carbonyl (C=O) groups is 1. The molecule has 0 bridgehead atoms. The molecule has 1 fully saturated rings. The van der Waals surface area contributed by atoms with Crippen LogP contribution in [0.4, 0.5) is 11.5 Å². The van der Waals surface area contributed by atoms with E-state index in [0.717, 1.165) is 47.5 Å². The molecule has 3 rings (SSSR count). The summed E-state index contributed by atoms with van der Waals surface area (Å²) in [6, 6.07) is 9.46. The van der Waals surface area contributed by atoms with Crippen molar-refractivity contribution in [3.8, 4) is 0 Å². The molecule has 0 radical (unpaired) electrons. The third-order valence-corrected chi connectivity index (χ3v) is 4.37. The SMILES string of the molecule is Cc1cc(Br)ccc1NC(=O)c1cccnc1N1CCCC1. The van der Waals surface area contributed by atoms with Crippen LogP contribution in [0.1, 0.15) is 28.8 Å². The lowest BCUT2D eigenvalue weighted by molar-refractivity contribution is 0.102. The summed E-state index contributed by atoms with van der Waals surface area (Å²) in [4.78, 5) is 19.2. The first-order valence-corrected chi connectivity index (χ1v) is 8.22. The summed E-state index contributed by atoms with van der Waals surface area (Å²) in [6.07, 6.45) is 4.06. The number of anilines is 2. The van der Waals surface area contributed by atoms with Gasteiger partial charge in [-0.3, -0.25) is 4.79 Å². The molecule has 4 nitrogen and oxygen atoms in total. The molecule has 1 saturated heterocycles. The number of amides is 1. The molecule has 0 atom stereocenters. The Hall–Kier alpha value is -1.88. The van der Waals surface area contributed by atoms with Gasteiger partial charge in [-0.25, -0.2) is 4.98 Å². The Balaban J connectivity index is 1.86. The number of hydrogen-bond acceptors (Lipinski definition) is 3. The van der Waals surface area contributed by atoms with E-state index in [1.54, 1.807) is 6.20 Å². The van der Waals surface area contributed by atoms with Crippen molar-refractivity contribution in [1.29, 1.82) is 0 Å². The Morgan fingerprint density at radius 1 is 1.27 bits per heavy atom. The number of aryl methyl sites for hydroxylation is 1. The van der Waals surface area contributed by atoms with E-state index in [1.807, 2.05) is 37.3 Å². The maximum atomic E-state index is 12.6. The Morgan fingerprint density at radius 3 is 2.77 bits per heavy atom. The summed E-state index contributed by atoms with van der Waals surface area (Å²) in [5.74, 6) is 0.674. The molecule has 22 heavy (non-hydrogen) atoms. The second kappa shape index (κ2) is 6.48. The monoisotopic (exact) mass is 359 g/mol. The normalized spacial score (nSPS) is 14.2. The zero-order valence-electron chi connectivity index (χ0n) is 12.5. The highest BCUT2D eigenvalue weighted by Gasteiger charge is 2.20. The van der Waals surface area contributed by atoms with Crippen LogP contribution in [0.25, 0.3) is 0 Å². The van der Waals surface area contributed by atoms with Crippen LogP contribution in [-0.4, -0.2) is 24.0 Å². The predicted molar refractivity (Wildman–Crippen MR) is 92.5 cm³/mol. The lowest BCUT2D eigenvalue weighted by Gasteiger charge is -2.19. The zero-order valence-corrected chi connectivity index (χ0v) is 14.1. The van der Waals surface area contributed by atoms with Gasteiger partial charge in [-0.15, -0.1) is 0 Å². The molecule has 0 saturated carbocycles. The number of benzene rings is 1. The van der Waals surface area contributed by atoms with Crippen LogP contribution in [0.5, 0.6) is 0 Å². The van der Waals surface area contributed by atoms with Crippen LogP contribution in [0.3, 0.4) is 0 Å². The summed E-state index contributed by atoms with van der Waals surface area (Å²) in [5.41, 5.74) is 2.48. The fourth-order valence-electron chi connectivity index (χ4n) is 2.71. The van der Waals surface area contributed by atoms with Gasteiger partial charge in [-0.2, -0.15) is 0 Å². The van der Waals surface area contributed by atoms with Gasteiger partial charge in [0.1, 0.15) is 5.82 Å². The number of nitrogens with zero attached hydrogens (tertiary/aromatic N) is 2. The van der Waals surface area contributed by atoms with Gasteiger partial charge >= 0.3 is 0 Å². The van der Waals surface area contributed by atoms with Gasteiger partial charge in [-0.05, 0) is 55.7 Å². The van der Waals surface area contributed by atoms with Crippen LogP contribution in [-0.2, 0) is 0 Å². The van der Waals surface area contributed by atoms with Gasteiger partial charge in [0.15, 0.2) is 0 Å². The van der Waals surface area contributed by atoms with Crippen molar-refractivity contribution in [3.63, 3.8) is 0 Å². The molecular weight excluding hydrogens is 342 g/mol. The van der Waals surface area contributed by atoms with Crippen LogP contribution < -0.4 is 10.2 Å². The lowest BCUT2D eigenvalue weighted by atomic mass is 10.1. The molecule has 0 unspecified atom stereocenters. The van der Waals surface area contributed by atoms with Crippen molar-refractivity contribution in [3.05, 3.63) is 52.1 Å². The standard InChI is InChI=1S/C17H18BrN3O/c1-12-11-13(18)6-7-15(12)20-17(22)14-5-4-8-19-16(14)21-9-2-3-10-21/h4-8,11H,2-3,9-10H2,1H3,(H,20,22). The number of carbonyl (C=O) groups excluding carboxylic acids is 1. The second-order valence-electron chi connectivity index (χ2n) is 5.48. The predicted octanol–water partition coefficient (Wildman–Crippen LogP) is 4.01. The summed E-state index contributed by atoms with van der Waals surface area (Å²) in [6.45, 7) is 3.91. The zero-order chi connectivity index (χ0) is 15.5. The summed E-state index contributed by atoms with van der Waals surface area (Å²) < 4.78 is 1.00. The molecule has 0 spiro atoms. The Labute approximate surface area is 138 Å². The quantitative estimate of drug-likeness (QED) is 0.900. The largest absolute Gasteiger partial charge is 0.356 e. The van der Waals surface area contributed by atoms with Gasteiger partial charge in [0.2, 0.25) is 0 Å². The minimum Gasteiger partial charge on any atom is -0.356 e. The minimum absolute atomic E-state index is 0.111. The Kier molecular flexibility index (Phi) is 4.43. The molecule has 2 heterocycles. The molecule has 1 aliphatic rings. The third-order valence-electron chi connectivity index (χ3n) is 3.87. The number of aromatic nitrogens is 1. The maximum absolute atomic E-state index is 12.6. The van der Waals surface area contributed by atoms with Crippen molar-refractivity contribution < 1.29 is 4.79 Å². The Bertz CT molecular complexity index is 696. The van der Waals surface area contributed by atoms with Crippen LogP contribution in [0.2, 0.25) is 0 Å². The number of hydrogen-bond donors (Lipinski definition) is 1. The molecule has 5 heteroatoms. The Morgan fingerprint density at radius 2 is 2.05 bits per heavy atom. The van der Waals surface area contributed by atoms with Crippen LogP contribution >= 0.6 is 15.9 Å². The first kappa shape index (κ1) is 15.0. The third kappa shape index (κ3) is 3.14. The molecule has 2 aromatic rings. The lowest BCUT2D eigenvalue weighted by Crippen LogP contribution is -2.24. The number of halogens is 1. The van der Waals surface area contributed by atoms with E-state index in [-0.39, 0.29) is 5.91 Å². The van der Waals surface area contributed by atoms with Crippen LogP contribution in [0, 0.1) is 6.92 Å². The molecular formula is C17H18BrN3O. The van der Waals surface area contributed by atoms with Gasteiger partial charge in [0.05, 0.1) is 5.56 Å². The van der Waals surface area contributed by atoms with E-state index < -0.39 is 0 Å². The van der Waals surface area contributed by atoms with E-state index in [1.165, 1.54) is 0 Å². The molecule has 114 valence electrons. The van der Waals surface area contributed by atoms with Crippen LogP contribution in [0.15, 0.2) is 41.0 Å². The van der Waals surface area contributed by atoms with E-state index in [2.05, 4.69) is 31.1 Å². The number of nitrogens with one attached hydrogen (secondary N) is 1. The summed E-state index contributed by atoms with van der Waals surface area (Å²) in [7, 11) is 0. The van der Waals surface area contributed by atoms with Gasteiger partial charge < -0.3 is 10.2 Å². The molecule has 1 aromatic carbocycles. The topological polar surface area (TPSA) is 45.2 Å². The van der Waals surface area contributed by atoms with Gasteiger partial charge in [-0.1, -0.05) is 15.9 Å². The highest BCUT2D eigenvalue weighted by Crippen LogP contribution is 2.24. The number of pyridine rings is 1. The minimum atomic E-state index is -0.111. The van der Waals surface area contributed by atoms with Crippen molar-refractivity contribution >= 4 is 33.3 Å². The average molecular weight is 360 g/mol. The highest BCUT2D eigenvalue weighted by molar-refractivity contribution is 9.10. The summed E-state index contributed by atoms with van der Waals surface area (Å²) in [5, 5.41) is 2.99. The molecule has 1 N–H and O–H groups in total. The van der Waals surface area contributed by atoms with Crippen molar-refractivity contribution in [2.45, 2.75) is 19.8 Å². The van der Waals surface area contributed by atoms with E-state index >= 15 is 0 Å². The smallest absolute Gasteiger partial charge is 0.259 e. The highest BCUT2D eigenvalue weighted by atomic mass is 79.9. The van der Waals surface area contributed by atoms with E-state index in [4.69, 9.17) is 0 Å². The maximum Gasteiger partial charge on any atom is 0.259 e. The second-order valence-corrected chi connectivity index (χ2v) is 6.40. The van der Waals surface area contributed by atoms with Crippen molar-refractivity contribution in [2.24, 2.45) is 0 Å². The molecule has 1 aromatic heterocycles. The van der Waals surface area contributed by atoms with E-state index in [0.29, 0.717) is 5.56 Å².